The molecule has 0 fully saturated rings. The molecule has 0 saturated heterocycles. The molecular formula is C10H15FN2O3S. The fraction of sp³-hybridized carbons (Fsp3) is 0.400. The maximum Gasteiger partial charge on any atom is 0.241 e. The van der Waals surface area contributed by atoms with Crippen molar-refractivity contribution in [1.29, 1.82) is 0 Å². The maximum absolute atomic E-state index is 13.0. The highest BCUT2D eigenvalue weighted by Crippen LogP contribution is 2.16. The molecule has 0 unspecified atom stereocenters. The van der Waals surface area contributed by atoms with E-state index < -0.39 is 21.9 Å². The van der Waals surface area contributed by atoms with Crippen LogP contribution in [0.15, 0.2) is 23.1 Å². The molecule has 0 aliphatic rings. The van der Waals surface area contributed by atoms with Crippen molar-refractivity contribution in [2.75, 3.05) is 12.3 Å². The Kier molecular flexibility index (Phi) is 4.44. The topological polar surface area (TPSA) is 92.4 Å². The van der Waals surface area contributed by atoms with Crippen LogP contribution in [0.25, 0.3) is 0 Å². The molecule has 17 heavy (non-hydrogen) atoms. The van der Waals surface area contributed by atoms with Gasteiger partial charge in [0.25, 0.3) is 0 Å². The van der Waals surface area contributed by atoms with Crippen LogP contribution in [-0.4, -0.2) is 26.2 Å². The second-order valence-corrected chi connectivity index (χ2v) is 5.34. The standard InChI is InChI=1S/C10H15FN2O3S/c1-2-9(6-14)13-17(15,16)10-4-7(11)3-8(12)5-10/h3-5,9,13-14H,2,6,12H2,1H3/t9-/m1/s1. The van der Waals surface area contributed by atoms with Gasteiger partial charge in [-0.1, -0.05) is 6.92 Å². The molecule has 0 bridgehead atoms. The number of benzene rings is 1. The molecule has 0 aliphatic carbocycles. The first kappa shape index (κ1) is 13.9. The van der Waals surface area contributed by atoms with E-state index in [1.807, 2.05) is 0 Å². The van der Waals surface area contributed by atoms with Gasteiger partial charge in [0.05, 0.1) is 11.5 Å². The van der Waals surface area contributed by atoms with Crippen molar-refractivity contribution < 1.29 is 17.9 Å². The molecule has 0 radical (unpaired) electrons. The zero-order valence-corrected chi connectivity index (χ0v) is 10.2. The van der Waals surface area contributed by atoms with Crippen molar-refractivity contribution in [3.8, 4) is 0 Å². The minimum absolute atomic E-state index is 0.0300. The number of anilines is 1. The molecule has 1 aromatic rings. The molecule has 1 rings (SSSR count). The second-order valence-electron chi connectivity index (χ2n) is 3.63. The van der Waals surface area contributed by atoms with Gasteiger partial charge in [-0.15, -0.1) is 0 Å². The second kappa shape index (κ2) is 5.44. The van der Waals surface area contributed by atoms with Gasteiger partial charge in [-0.05, 0) is 24.6 Å². The Morgan fingerprint density at radius 2 is 2.12 bits per heavy atom. The molecular weight excluding hydrogens is 247 g/mol. The average molecular weight is 262 g/mol. The molecule has 96 valence electrons. The predicted octanol–water partition coefficient (Wildman–Crippen LogP) is 0.457. The van der Waals surface area contributed by atoms with Crippen molar-refractivity contribution >= 4 is 15.7 Å². The fourth-order valence-corrected chi connectivity index (χ4v) is 2.65. The zero-order chi connectivity index (χ0) is 13.1. The Hall–Kier alpha value is -1.18. The van der Waals surface area contributed by atoms with Crippen LogP contribution in [0.1, 0.15) is 13.3 Å². The summed E-state index contributed by atoms with van der Waals surface area (Å²) < 4.78 is 38.9. The van der Waals surface area contributed by atoms with Crippen LogP contribution in [0.4, 0.5) is 10.1 Å². The third-order valence-corrected chi connectivity index (χ3v) is 3.74. The van der Waals surface area contributed by atoms with E-state index in [0.29, 0.717) is 6.42 Å². The first-order valence-corrected chi connectivity index (χ1v) is 6.56. The molecule has 0 saturated carbocycles. The van der Waals surface area contributed by atoms with Crippen molar-refractivity contribution in [3.05, 3.63) is 24.0 Å². The van der Waals surface area contributed by atoms with Crippen molar-refractivity contribution in [1.82, 2.24) is 4.72 Å². The number of nitrogens with two attached hydrogens (primary N) is 1. The highest BCUT2D eigenvalue weighted by Gasteiger charge is 2.19. The quantitative estimate of drug-likeness (QED) is 0.672. The molecule has 0 aromatic heterocycles. The van der Waals surface area contributed by atoms with E-state index in [1.54, 1.807) is 6.92 Å². The lowest BCUT2D eigenvalue weighted by Gasteiger charge is -2.14. The summed E-state index contributed by atoms with van der Waals surface area (Å²) in [4.78, 5) is -0.248. The SMILES string of the molecule is CC[C@H](CO)NS(=O)(=O)c1cc(N)cc(F)c1. The van der Waals surface area contributed by atoms with E-state index in [-0.39, 0.29) is 17.2 Å². The summed E-state index contributed by atoms with van der Waals surface area (Å²) in [5, 5.41) is 8.92. The van der Waals surface area contributed by atoms with E-state index in [2.05, 4.69) is 4.72 Å². The van der Waals surface area contributed by atoms with Crippen LogP contribution in [0, 0.1) is 5.82 Å². The Morgan fingerprint density at radius 3 is 2.59 bits per heavy atom. The zero-order valence-electron chi connectivity index (χ0n) is 9.35. The van der Waals surface area contributed by atoms with Crippen LogP contribution in [0.3, 0.4) is 0 Å². The van der Waals surface area contributed by atoms with E-state index in [1.165, 1.54) is 0 Å². The van der Waals surface area contributed by atoms with Crippen LogP contribution in [-0.2, 0) is 10.0 Å². The van der Waals surface area contributed by atoms with E-state index in [4.69, 9.17) is 10.8 Å². The summed E-state index contributed by atoms with van der Waals surface area (Å²) in [7, 11) is -3.86. The molecule has 1 aromatic carbocycles. The number of aliphatic hydroxyl groups excluding tert-OH is 1. The Balaban J connectivity index is 3.04. The van der Waals surface area contributed by atoms with Crippen LogP contribution in [0.5, 0.6) is 0 Å². The van der Waals surface area contributed by atoms with Gasteiger partial charge in [0, 0.05) is 11.7 Å². The summed E-state index contributed by atoms with van der Waals surface area (Å²) in [6.07, 6.45) is 0.431. The summed E-state index contributed by atoms with van der Waals surface area (Å²) in [6.45, 7) is 1.41. The van der Waals surface area contributed by atoms with Crippen molar-refractivity contribution in [2.45, 2.75) is 24.3 Å². The molecule has 0 heterocycles. The van der Waals surface area contributed by atoms with Gasteiger partial charge < -0.3 is 10.8 Å². The Bertz CT molecular complexity index is 466. The first-order chi connectivity index (χ1) is 7.89. The lowest BCUT2D eigenvalue weighted by Crippen LogP contribution is -2.36. The lowest BCUT2D eigenvalue weighted by atomic mass is 10.3. The number of halogens is 1. The predicted molar refractivity (Wildman–Crippen MR) is 62.3 cm³/mol. The smallest absolute Gasteiger partial charge is 0.241 e. The van der Waals surface area contributed by atoms with Gasteiger partial charge >= 0.3 is 0 Å². The normalized spacial score (nSPS) is 13.6. The molecule has 0 aliphatic heterocycles. The molecule has 0 spiro atoms. The minimum Gasteiger partial charge on any atom is -0.399 e. The third kappa shape index (κ3) is 3.65. The number of hydrogen-bond acceptors (Lipinski definition) is 4. The van der Waals surface area contributed by atoms with Gasteiger partial charge in [-0.2, -0.15) is 0 Å². The largest absolute Gasteiger partial charge is 0.399 e. The van der Waals surface area contributed by atoms with E-state index >= 15 is 0 Å². The number of sulfonamides is 1. The van der Waals surface area contributed by atoms with Crippen molar-refractivity contribution in [3.63, 3.8) is 0 Å². The van der Waals surface area contributed by atoms with Gasteiger partial charge in [0.15, 0.2) is 0 Å². The number of rotatable bonds is 5. The van der Waals surface area contributed by atoms with E-state index in [9.17, 15) is 12.8 Å². The lowest BCUT2D eigenvalue weighted by molar-refractivity contribution is 0.254. The molecule has 7 heteroatoms. The average Bonchev–Trinajstić information content (AvgIpc) is 2.24. The number of nitrogens with one attached hydrogen (secondary N) is 1. The summed E-state index contributed by atoms with van der Waals surface area (Å²) in [5.41, 5.74) is 5.40. The van der Waals surface area contributed by atoms with Gasteiger partial charge in [0.1, 0.15) is 5.82 Å². The molecule has 4 N–H and O–H groups in total. The van der Waals surface area contributed by atoms with Crippen LogP contribution < -0.4 is 10.5 Å². The number of hydrogen-bond donors (Lipinski definition) is 3. The van der Waals surface area contributed by atoms with Crippen LogP contribution in [0.2, 0.25) is 0 Å². The first-order valence-electron chi connectivity index (χ1n) is 5.08. The third-order valence-electron chi connectivity index (χ3n) is 2.24. The molecule has 1 atom stereocenters. The molecule has 0 amide bonds. The van der Waals surface area contributed by atoms with Gasteiger partial charge in [-0.25, -0.2) is 17.5 Å². The van der Waals surface area contributed by atoms with Crippen molar-refractivity contribution in [2.24, 2.45) is 0 Å². The Morgan fingerprint density at radius 1 is 1.47 bits per heavy atom. The highest BCUT2D eigenvalue weighted by molar-refractivity contribution is 7.89. The Labute approximate surface area is 99.5 Å². The summed E-state index contributed by atoms with van der Waals surface area (Å²) in [5.74, 6) is -0.720. The minimum atomic E-state index is -3.86. The van der Waals surface area contributed by atoms with E-state index in [0.717, 1.165) is 18.2 Å². The molecule has 5 nitrogen and oxygen atoms in total. The maximum atomic E-state index is 13.0. The monoisotopic (exact) mass is 262 g/mol. The highest BCUT2D eigenvalue weighted by atomic mass is 32.2. The fourth-order valence-electron chi connectivity index (χ4n) is 1.28. The summed E-state index contributed by atoms with van der Waals surface area (Å²) >= 11 is 0. The summed E-state index contributed by atoms with van der Waals surface area (Å²) in [6, 6.07) is 2.48. The van der Waals surface area contributed by atoms with Gasteiger partial charge in [0.2, 0.25) is 10.0 Å². The van der Waals surface area contributed by atoms with Crippen LogP contribution >= 0.6 is 0 Å². The number of aliphatic hydroxyl groups is 1. The van der Waals surface area contributed by atoms with Gasteiger partial charge in [-0.3, -0.25) is 0 Å². The number of nitrogen functional groups attached to an aromatic ring is 1.